The van der Waals surface area contributed by atoms with E-state index in [4.69, 9.17) is 18.9 Å². The predicted molar refractivity (Wildman–Crippen MR) is 146 cm³/mol. The lowest BCUT2D eigenvalue weighted by molar-refractivity contribution is -0.119. The van der Waals surface area contributed by atoms with Crippen molar-refractivity contribution in [1.82, 2.24) is 5.32 Å². The number of hydrogen-bond acceptors (Lipinski definition) is 7. The predicted octanol–water partition coefficient (Wildman–Crippen LogP) is 4.40. The van der Waals surface area contributed by atoms with Crippen molar-refractivity contribution >= 4 is 21.6 Å². The Hall–Kier alpha value is -3.92. The molecule has 1 amide bonds. The summed E-state index contributed by atoms with van der Waals surface area (Å²) in [5.41, 5.74) is 1.14. The first-order valence-electron chi connectivity index (χ1n) is 12.2. The standard InChI is InChI=1S/C28H34N2O7S/c1-6-36-23-12-10-22(11-13-23)30(38(32,33)25-14-15-26(34-4)27(17-25)35-5)19-28(31)29-18-21-8-7-9-24(16-21)37-20(2)3/h7-17,20H,6,18-19H2,1-5H3,(H,29,31). The van der Waals surface area contributed by atoms with Crippen LogP contribution in [0, 0.1) is 0 Å². The van der Waals surface area contributed by atoms with E-state index in [1.807, 2.05) is 45.0 Å². The summed E-state index contributed by atoms with van der Waals surface area (Å²) in [5.74, 6) is 1.46. The van der Waals surface area contributed by atoms with Crippen LogP contribution in [0.1, 0.15) is 26.3 Å². The van der Waals surface area contributed by atoms with Crippen LogP contribution in [0.3, 0.4) is 0 Å². The lowest BCUT2D eigenvalue weighted by Gasteiger charge is -2.25. The van der Waals surface area contributed by atoms with Crippen molar-refractivity contribution in [3.63, 3.8) is 0 Å². The zero-order valence-corrected chi connectivity index (χ0v) is 23.1. The molecule has 0 atom stereocenters. The number of anilines is 1. The summed E-state index contributed by atoms with van der Waals surface area (Å²) in [4.78, 5) is 13.0. The maximum absolute atomic E-state index is 13.8. The zero-order valence-electron chi connectivity index (χ0n) is 22.3. The topological polar surface area (TPSA) is 103 Å². The molecule has 3 rings (SSSR count). The Bertz CT molecular complexity index is 1330. The zero-order chi connectivity index (χ0) is 27.7. The number of rotatable bonds is 13. The molecule has 0 saturated carbocycles. The van der Waals surface area contributed by atoms with Gasteiger partial charge in [0.2, 0.25) is 5.91 Å². The molecule has 0 saturated heterocycles. The van der Waals surface area contributed by atoms with E-state index < -0.39 is 22.5 Å². The van der Waals surface area contributed by atoms with Gasteiger partial charge in [-0.05, 0) is 74.9 Å². The van der Waals surface area contributed by atoms with Gasteiger partial charge in [-0.2, -0.15) is 0 Å². The number of carbonyl (C=O) groups is 1. The molecule has 204 valence electrons. The monoisotopic (exact) mass is 542 g/mol. The van der Waals surface area contributed by atoms with Crippen molar-refractivity contribution in [3.8, 4) is 23.0 Å². The molecule has 38 heavy (non-hydrogen) atoms. The summed E-state index contributed by atoms with van der Waals surface area (Å²) in [5, 5.41) is 2.81. The minimum absolute atomic E-state index is 0.0179. The SMILES string of the molecule is CCOc1ccc(N(CC(=O)NCc2cccc(OC(C)C)c2)S(=O)(=O)c2ccc(OC)c(OC)c2)cc1. The lowest BCUT2D eigenvalue weighted by Crippen LogP contribution is -2.40. The molecule has 0 heterocycles. The highest BCUT2D eigenvalue weighted by Crippen LogP contribution is 2.32. The minimum Gasteiger partial charge on any atom is -0.494 e. The molecule has 0 aliphatic carbocycles. The van der Waals surface area contributed by atoms with Gasteiger partial charge in [0, 0.05) is 12.6 Å². The van der Waals surface area contributed by atoms with Crippen LogP contribution in [-0.2, 0) is 21.4 Å². The second-order valence-corrected chi connectivity index (χ2v) is 10.4. The van der Waals surface area contributed by atoms with Gasteiger partial charge in [-0.3, -0.25) is 9.10 Å². The van der Waals surface area contributed by atoms with Crippen molar-refractivity contribution < 1.29 is 32.2 Å². The number of benzene rings is 3. The van der Waals surface area contributed by atoms with Gasteiger partial charge < -0.3 is 24.3 Å². The van der Waals surface area contributed by atoms with Crippen LogP contribution in [0.4, 0.5) is 5.69 Å². The van der Waals surface area contributed by atoms with Crippen molar-refractivity contribution in [1.29, 1.82) is 0 Å². The molecule has 1 N–H and O–H groups in total. The maximum Gasteiger partial charge on any atom is 0.264 e. The molecule has 0 spiro atoms. The fourth-order valence-electron chi connectivity index (χ4n) is 3.68. The average Bonchev–Trinajstić information content (AvgIpc) is 2.90. The van der Waals surface area contributed by atoms with Gasteiger partial charge in [-0.1, -0.05) is 12.1 Å². The summed E-state index contributed by atoms with van der Waals surface area (Å²) in [6, 6.07) is 18.2. The molecule has 0 unspecified atom stereocenters. The highest BCUT2D eigenvalue weighted by atomic mass is 32.2. The van der Waals surface area contributed by atoms with Crippen molar-refractivity contribution in [3.05, 3.63) is 72.3 Å². The first kappa shape index (κ1) is 28.6. The van der Waals surface area contributed by atoms with Crippen LogP contribution in [-0.4, -0.2) is 47.8 Å². The third-order valence-corrected chi connectivity index (χ3v) is 7.20. The molecule has 0 aliphatic heterocycles. The quantitative estimate of drug-likeness (QED) is 0.341. The molecule has 0 bridgehead atoms. The Morgan fingerprint density at radius 3 is 2.26 bits per heavy atom. The summed E-state index contributed by atoms with van der Waals surface area (Å²) in [7, 11) is -1.27. The second kappa shape index (κ2) is 13.0. The molecule has 3 aromatic carbocycles. The number of nitrogens with one attached hydrogen (secondary N) is 1. The van der Waals surface area contributed by atoms with Crippen LogP contribution >= 0.6 is 0 Å². The Balaban J connectivity index is 1.87. The van der Waals surface area contributed by atoms with Gasteiger partial charge in [0.25, 0.3) is 10.0 Å². The largest absolute Gasteiger partial charge is 0.494 e. The molecular formula is C28H34N2O7S. The van der Waals surface area contributed by atoms with Crippen molar-refractivity contribution in [2.45, 2.75) is 38.3 Å². The molecule has 0 aliphatic rings. The van der Waals surface area contributed by atoms with Crippen molar-refractivity contribution in [2.75, 3.05) is 31.7 Å². The highest BCUT2D eigenvalue weighted by Gasteiger charge is 2.28. The smallest absolute Gasteiger partial charge is 0.264 e. The minimum atomic E-state index is -4.16. The summed E-state index contributed by atoms with van der Waals surface area (Å²) in [6.07, 6.45) is 0.0179. The first-order chi connectivity index (χ1) is 18.2. The van der Waals surface area contributed by atoms with Gasteiger partial charge in [-0.25, -0.2) is 8.42 Å². The maximum atomic E-state index is 13.8. The van der Waals surface area contributed by atoms with Gasteiger partial charge in [0.15, 0.2) is 11.5 Å². The summed E-state index contributed by atoms with van der Waals surface area (Å²) >= 11 is 0. The Morgan fingerprint density at radius 1 is 0.921 bits per heavy atom. The number of sulfonamides is 1. The fourth-order valence-corrected chi connectivity index (χ4v) is 5.12. The summed E-state index contributed by atoms with van der Waals surface area (Å²) in [6.45, 7) is 5.97. The van der Waals surface area contributed by atoms with E-state index in [2.05, 4.69) is 5.32 Å². The molecule has 3 aromatic rings. The van der Waals surface area contributed by atoms with E-state index in [9.17, 15) is 13.2 Å². The first-order valence-corrected chi connectivity index (χ1v) is 13.6. The van der Waals surface area contributed by atoms with E-state index in [1.54, 1.807) is 24.3 Å². The van der Waals surface area contributed by atoms with Crippen LogP contribution in [0.5, 0.6) is 23.0 Å². The van der Waals surface area contributed by atoms with Gasteiger partial charge in [0.05, 0.1) is 37.5 Å². The third kappa shape index (κ3) is 7.32. The van der Waals surface area contributed by atoms with Gasteiger partial charge in [0.1, 0.15) is 18.0 Å². The number of ether oxygens (including phenoxy) is 4. The molecule has 0 aromatic heterocycles. The fraction of sp³-hybridized carbons (Fsp3) is 0.321. The normalized spacial score (nSPS) is 11.1. The van der Waals surface area contributed by atoms with Gasteiger partial charge >= 0.3 is 0 Å². The number of methoxy groups -OCH3 is 2. The van der Waals surface area contributed by atoms with E-state index in [-0.39, 0.29) is 23.3 Å². The Labute approximate surface area is 224 Å². The van der Waals surface area contributed by atoms with E-state index in [0.717, 1.165) is 9.87 Å². The van der Waals surface area contributed by atoms with Gasteiger partial charge in [-0.15, -0.1) is 0 Å². The van der Waals surface area contributed by atoms with E-state index in [0.29, 0.717) is 29.5 Å². The Kier molecular flexibility index (Phi) is 9.84. The van der Waals surface area contributed by atoms with Crippen LogP contribution in [0.2, 0.25) is 0 Å². The highest BCUT2D eigenvalue weighted by molar-refractivity contribution is 7.92. The lowest BCUT2D eigenvalue weighted by atomic mass is 10.2. The van der Waals surface area contributed by atoms with Crippen LogP contribution < -0.4 is 28.6 Å². The van der Waals surface area contributed by atoms with Crippen molar-refractivity contribution in [2.24, 2.45) is 0 Å². The van der Waals surface area contributed by atoms with E-state index in [1.165, 1.54) is 32.4 Å². The molecule has 9 nitrogen and oxygen atoms in total. The summed E-state index contributed by atoms with van der Waals surface area (Å²) < 4.78 is 50.3. The number of hydrogen-bond donors (Lipinski definition) is 1. The molecule has 0 radical (unpaired) electrons. The number of carbonyl (C=O) groups excluding carboxylic acids is 1. The third-order valence-electron chi connectivity index (χ3n) is 5.43. The average molecular weight is 543 g/mol. The second-order valence-electron chi connectivity index (χ2n) is 8.55. The Morgan fingerprint density at radius 2 is 1.63 bits per heavy atom. The van der Waals surface area contributed by atoms with Crippen LogP contribution in [0.15, 0.2) is 71.6 Å². The number of amides is 1. The van der Waals surface area contributed by atoms with E-state index >= 15 is 0 Å². The molecular weight excluding hydrogens is 508 g/mol. The van der Waals surface area contributed by atoms with Crippen LogP contribution in [0.25, 0.3) is 0 Å². The molecule has 0 fully saturated rings. The molecule has 10 heteroatoms. The number of nitrogens with zero attached hydrogens (tertiary/aromatic N) is 1.